The Kier molecular flexibility index (Phi) is 6.25. The molecule has 0 aliphatic carbocycles. The molecule has 1 unspecified atom stereocenters. The van der Waals surface area contributed by atoms with E-state index in [0.717, 1.165) is 32.8 Å². The van der Waals surface area contributed by atoms with E-state index in [9.17, 15) is 18.0 Å². The Morgan fingerprint density at radius 1 is 1.06 bits per heavy atom. The van der Waals surface area contributed by atoms with Crippen LogP contribution in [0.3, 0.4) is 0 Å². The van der Waals surface area contributed by atoms with E-state index in [1.54, 1.807) is 13.0 Å². The quantitative estimate of drug-likeness (QED) is 0.768. The fraction of sp³-hybridized carbons (Fsp3) is 0.391. The van der Waals surface area contributed by atoms with Crippen LogP contribution in [0, 0.1) is 20.8 Å². The number of sulfonamides is 1. The average molecular weight is 444 g/mol. The molecule has 2 aromatic carbocycles. The number of nitrogens with one attached hydrogen (secondary N) is 1. The van der Waals surface area contributed by atoms with Gasteiger partial charge in [-0.15, -0.1) is 0 Å². The van der Waals surface area contributed by atoms with Crippen molar-refractivity contribution in [2.75, 3.05) is 24.2 Å². The molecule has 1 N–H and O–H groups in total. The first kappa shape index (κ1) is 23.0. The molecule has 3 rings (SSSR count). The fourth-order valence-electron chi connectivity index (χ4n) is 3.75. The molecule has 1 saturated heterocycles. The highest BCUT2D eigenvalue weighted by molar-refractivity contribution is 7.88. The minimum atomic E-state index is -3.65. The van der Waals surface area contributed by atoms with E-state index in [2.05, 4.69) is 5.32 Å². The van der Waals surface area contributed by atoms with E-state index in [4.69, 9.17) is 0 Å². The van der Waals surface area contributed by atoms with E-state index in [0.29, 0.717) is 5.69 Å². The van der Waals surface area contributed by atoms with E-state index in [1.165, 1.54) is 4.90 Å². The summed E-state index contributed by atoms with van der Waals surface area (Å²) in [5.74, 6) is -0.846. The molecule has 2 amide bonds. The number of carbonyl (C=O) groups excluding carboxylic acids is 2. The van der Waals surface area contributed by atoms with Crippen molar-refractivity contribution >= 4 is 27.5 Å². The SMILES string of the molecule is Cc1ccc(CNC(=O)C2(C)CN(S(C)(=O)=O)CC(=O)N2c2ccc(C)c(C)c2)cc1. The molecule has 0 saturated carbocycles. The van der Waals surface area contributed by atoms with Crippen molar-refractivity contribution in [1.29, 1.82) is 0 Å². The van der Waals surface area contributed by atoms with Gasteiger partial charge < -0.3 is 5.32 Å². The number of nitrogens with zero attached hydrogens (tertiary/aromatic N) is 2. The second-order valence-electron chi connectivity index (χ2n) is 8.47. The topological polar surface area (TPSA) is 86.8 Å². The van der Waals surface area contributed by atoms with Crippen LogP contribution in [0.1, 0.15) is 29.2 Å². The van der Waals surface area contributed by atoms with Crippen LogP contribution < -0.4 is 10.2 Å². The van der Waals surface area contributed by atoms with Crippen molar-refractivity contribution in [2.45, 2.75) is 39.8 Å². The molecule has 1 fully saturated rings. The van der Waals surface area contributed by atoms with Gasteiger partial charge in [0.15, 0.2) is 0 Å². The number of hydrogen-bond acceptors (Lipinski definition) is 4. The zero-order valence-electron chi connectivity index (χ0n) is 18.6. The molecule has 1 heterocycles. The summed E-state index contributed by atoms with van der Waals surface area (Å²) >= 11 is 0. The highest BCUT2D eigenvalue weighted by Crippen LogP contribution is 2.31. The number of hydrogen-bond donors (Lipinski definition) is 1. The zero-order valence-corrected chi connectivity index (χ0v) is 19.4. The minimum Gasteiger partial charge on any atom is -0.350 e. The Hall–Kier alpha value is -2.71. The van der Waals surface area contributed by atoms with E-state index < -0.39 is 27.4 Å². The van der Waals surface area contributed by atoms with Gasteiger partial charge in [-0.1, -0.05) is 35.9 Å². The molecule has 0 aromatic heterocycles. The molecule has 1 aliphatic rings. The Labute approximate surface area is 184 Å². The molecule has 31 heavy (non-hydrogen) atoms. The zero-order chi connectivity index (χ0) is 23.0. The van der Waals surface area contributed by atoms with E-state index >= 15 is 0 Å². The first-order valence-electron chi connectivity index (χ1n) is 10.1. The lowest BCUT2D eigenvalue weighted by Gasteiger charge is -2.46. The van der Waals surface area contributed by atoms with Gasteiger partial charge in [-0.25, -0.2) is 8.42 Å². The summed E-state index contributed by atoms with van der Waals surface area (Å²) in [6.45, 7) is 7.36. The molecule has 1 atom stereocenters. The summed E-state index contributed by atoms with van der Waals surface area (Å²) in [6, 6.07) is 13.3. The molecule has 0 bridgehead atoms. The number of piperazine rings is 1. The van der Waals surface area contributed by atoms with Gasteiger partial charge in [0.05, 0.1) is 12.8 Å². The predicted octanol–water partition coefficient (Wildman–Crippen LogP) is 2.30. The van der Waals surface area contributed by atoms with Crippen LogP contribution in [0.5, 0.6) is 0 Å². The maximum atomic E-state index is 13.4. The van der Waals surface area contributed by atoms with Gasteiger partial charge in [0.1, 0.15) is 5.54 Å². The lowest BCUT2D eigenvalue weighted by Crippen LogP contribution is -2.70. The van der Waals surface area contributed by atoms with Crippen LogP contribution in [0.4, 0.5) is 5.69 Å². The first-order chi connectivity index (χ1) is 14.4. The normalized spacial score (nSPS) is 20.0. The molecule has 1 aliphatic heterocycles. The highest BCUT2D eigenvalue weighted by atomic mass is 32.2. The van der Waals surface area contributed by atoms with Gasteiger partial charge in [0, 0.05) is 18.8 Å². The van der Waals surface area contributed by atoms with Crippen molar-refractivity contribution in [3.8, 4) is 0 Å². The smallest absolute Gasteiger partial charge is 0.247 e. The summed E-state index contributed by atoms with van der Waals surface area (Å²) in [5.41, 5.74) is 3.26. The van der Waals surface area contributed by atoms with Crippen LogP contribution in [0.2, 0.25) is 0 Å². The molecule has 2 aromatic rings. The highest BCUT2D eigenvalue weighted by Gasteiger charge is 2.50. The Bertz CT molecular complexity index is 1110. The fourth-order valence-corrected chi connectivity index (χ4v) is 4.58. The number of aryl methyl sites for hydroxylation is 3. The van der Waals surface area contributed by atoms with Crippen LogP contribution in [-0.2, 0) is 26.2 Å². The minimum absolute atomic E-state index is 0.121. The molecular formula is C23H29N3O4S. The van der Waals surface area contributed by atoms with Crippen LogP contribution in [0.25, 0.3) is 0 Å². The van der Waals surface area contributed by atoms with Crippen molar-refractivity contribution in [3.63, 3.8) is 0 Å². The van der Waals surface area contributed by atoms with Crippen molar-refractivity contribution in [2.24, 2.45) is 0 Å². The van der Waals surface area contributed by atoms with Gasteiger partial charge in [-0.2, -0.15) is 4.31 Å². The van der Waals surface area contributed by atoms with Crippen molar-refractivity contribution < 1.29 is 18.0 Å². The van der Waals surface area contributed by atoms with Crippen molar-refractivity contribution in [3.05, 3.63) is 64.7 Å². The second-order valence-corrected chi connectivity index (χ2v) is 10.5. The number of carbonyl (C=O) groups is 2. The lowest BCUT2D eigenvalue weighted by atomic mass is 9.93. The molecule has 0 spiro atoms. The second kappa shape index (κ2) is 8.43. The standard InChI is InChI=1S/C23H29N3O4S/c1-16-6-9-19(10-7-16)13-24-22(28)23(4)15-25(31(5,29)30)14-21(27)26(23)20-11-8-17(2)18(3)12-20/h6-12H,13-15H2,1-5H3,(H,24,28). The molecule has 7 nitrogen and oxygen atoms in total. The Morgan fingerprint density at radius 3 is 2.29 bits per heavy atom. The lowest BCUT2D eigenvalue weighted by molar-refractivity contribution is -0.133. The number of benzene rings is 2. The number of rotatable bonds is 5. The summed E-state index contributed by atoms with van der Waals surface area (Å²) in [4.78, 5) is 27.9. The third kappa shape index (κ3) is 4.80. The summed E-state index contributed by atoms with van der Waals surface area (Å²) in [6.07, 6.45) is 1.05. The number of anilines is 1. The largest absolute Gasteiger partial charge is 0.350 e. The van der Waals surface area contributed by atoms with Gasteiger partial charge in [-0.05, 0) is 56.5 Å². The van der Waals surface area contributed by atoms with Crippen LogP contribution >= 0.6 is 0 Å². The third-order valence-electron chi connectivity index (χ3n) is 5.82. The summed E-state index contributed by atoms with van der Waals surface area (Å²) < 4.78 is 25.5. The Balaban J connectivity index is 1.97. The Morgan fingerprint density at radius 2 is 1.71 bits per heavy atom. The van der Waals surface area contributed by atoms with Gasteiger partial charge in [0.25, 0.3) is 0 Å². The maximum Gasteiger partial charge on any atom is 0.247 e. The molecule has 166 valence electrons. The predicted molar refractivity (Wildman–Crippen MR) is 121 cm³/mol. The molecule has 8 heteroatoms. The van der Waals surface area contributed by atoms with Gasteiger partial charge in [0.2, 0.25) is 21.8 Å². The van der Waals surface area contributed by atoms with Gasteiger partial charge in [-0.3, -0.25) is 14.5 Å². The monoisotopic (exact) mass is 443 g/mol. The summed E-state index contributed by atoms with van der Waals surface area (Å²) in [7, 11) is -3.65. The third-order valence-corrected chi connectivity index (χ3v) is 7.02. The maximum absolute atomic E-state index is 13.4. The first-order valence-corrected chi connectivity index (χ1v) is 12.0. The molecular weight excluding hydrogens is 414 g/mol. The average Bonchev–Trinajstić information content (AvgIpc) is 2.68. The number of amides is 2. The molecule has 0 radical (unpaired) electrons. The van der Waals surface area contributed by atoms with Gasteiger partial charge >= 0.3 is 0 Å². The van der Waals surface area contributed by atoms with Crippen LogP contribution in [-0.4, -0.2) is 49.4 Å². The van der Waals surface area contributed by atoms with Crippen molar-refractivity contribution in [1.82, 2.24) is 9.62 Å². The summed E-state index contributed by atoms with van der Waals surface area (Å²) in [5, 5.41) is 2.89. The van der Waals surface area contributed by atoms with Crippen LogP contribution in [0.15, 0.2) is 42.5 Å². The van der Waals surface area contributed by atoms with E-state index in [1.807, 2.05) is 57.2 Å². The van der Waals surface area contributed by atoms with E-state index in [-0.39, 0.29) is 19.6 Å².